The van der Waals surface area contributed by atoms with Crippen molar-refractivity contribution >= 4 is 0 Å². The van der Waals surface area contributed by atoms with E-state index in [1.807, 2.05) is 24.3 Å². The maximum Gasteiger partial charge on any atom is 0.119 e. The van der Waals surface area contributed by atoms with Gasteiger partial charge in [0.1, 0.15) is 42.0 Å². The normalized spacial score (nSPS) is 8.47. The number of phenols is 4. The van der Waals surface area contributed by atoms with E-state index >= 15 is 0 Å². The molecule has 0 unspecified atom stereocenters. The Hall–Kier alpha value is -4.91. The Balaban J connectivity index is 0.000000213. The van der Waals surface area contributed by atoms with Crippen molar-refractivity contribution in [1.82, 2.24) is 15.0 Å². The number of hydrogen-bond donors (Lipinski definition) is 4. The SMILES string of the molecule is Oc1ccccc1.Oc1ccccc1.Oc1ccccc1.Oc1ccccc1.c1ncncn1. The van der Waals surface area contributed by atoms with Crippen LogP contribution in [0.1, 0.15) is 0 Å². The third-order valence-corrected chi connectivity index (χ3v) is 3.42. The molecule has 5 aromatic rings. The fraction of sp³-hybridized carbons (Fsp3) is 0. The van der Waals surface area contributed by atoms with Crippen LogP contribution in [0.3, 0.4) is 0 Å². The molecule has 0 aliphatic rings. The van der Waals surface area contributed by atoms with E-state index < -0.39 is 0 Å². The summed E-state index contributed by atoms with van der Waals surface area (Å²) in [5.74, 6) is 1.29. The Bertz CT molecular complexity index is 894. The number of nitrogens with zero attached hydrogens (tertiary/aromatic N) is 3. The zero-order valence-corrected chi connectivity index (χ0v) is 18.4. The second-order valence-electron chi connectivity index (χ2n) is 6.14. The number of phenolic OH excluding ortho intramolecular Hbond substituents is 4. The van der Waals surface area contributed by atoms with Gasteiger partial charge in [-0.2, -0.15) is 0 Å². The van der Waals surface area contributed by atoms with E-state index in [4.69, 9.17) is 20.4 Å². The van der Waals surface area contributed by atoms with E-state index in [2.05, 4.69) is 15.0 Å². The average molecular weight is 458 g/mol. The minimum Gasteiger partial charge on any atom is -0.508 e. The Morgan fingerprint density at radius 1 is 0.294 bits per heavy atom. The molecular weight excluding hydrogens is 430 g/mol. The zero-order chi connectivity index (χ0) is 24.7. The average Bonchev–Trinajstić information content (AvgIpc) is 2.89. The van der Waals surface area contributed by atoms with Crippen molar-refractivity contribution in [3.63, 3.8) is 0 Å². The zero-order valence-electron chi connectivity index (χ0n) is 18.4. The van der Waals surface area contributed by atoms with E-state index in [9.17, 15) is 0 Å². The molecule has 1 heterocycles. The molecule has 7 heteroatoms. The minimum atomic E-state index is 0.322. The lowest BCUT2D eigenvalue weighted by molar-refractivity contribution is 0.475. The van der Waals surface area contributed by atoms with E-state index in [1.165, 1.54) is 19.0 Å². The smallest absolute Gasteiger partial charge is 0.119 e. The molecule has 34 heavy (non-hydrogen) atoms. The number of para-hydroxylation sites is 4. The molecule has 0 saturated heterocycles. The van der Waals surface area contributed by atoms with Gasteiger partial charge in [0.25, 0.3) is 0 Å². The standard InChI is InChI=1S/4C6H6O.C3H3N3/c4*7-6-4-2-1-3-5-6;1-4-2-6-3-5-1/h4*1-5,7H;1-3H. The first-order valence-electron chi connectivity index (χ1n) is 10.1. The molecule has 0 fully saturated rings. The van der Waals surface area contributed by atoms with Gasteiger partial charge in [0.05, 0.1) is 0 Å². The highest BCUT2D eigenvalue weighted by Gasteiger charge is 1.76. The largest absolute Gasteiger partial charge is 0.508 e. The van der Waals surface area contributed by atoms with E-state index in [-0.39, 0.29) is 0 Å². The van der Waals surface area contributed by atoms with E-state index in [1.54, 1.807) is 97.1 Å². The Kier molecular flexibility index (Phi) is 15.0. The lowest BCUT2D eigenvalue weighted by atomic mass is 10.3. The van der Waals surface area contributed by atoms with Gasteiger partial charge in [0, 0.05) is 0 Å². The summed E-state index contributed by atoms with van der Waals surface area (Å²) < 4.78 is 0. The molecular formula is C27H27N3O4. The highest BCUT2D eigenvalue weighted by atomic mass is 16.3. The molecule has 0 amide bonds. The van der Waals surface area contributed by atoms with Crippen LogP contribution in [-0.2, 0) is 0 Å². The van der Waals surface area contributed by atoms with Crippen LogP contribution in [0.5, 0.6) is 23.0 Å². The number of hydrogen-bond acceptors (Lipinski definition) is 7. The van der Waals surface area contributed by atoms with Crippen molar-refractivity contribution in [2.24, 2.45) is 0 Å². The van der Waals surface area contributed by atoms with Crippen molar-refractivity contribution in [3.05, 3.63) is 140 Å². The first kappa shape index (κ1) is 27.1. The Morgan fingerprint density at radius 3 is 0.559 bits per heavy atom. The van der Waals surface area contributed by atoms with Crippen molar-refractivity contribution in [2.75, 3.05) is 0 Å². The monoisotopic (exact) mass is 457 g/mol. The predicted octanol–water partition coefficient (Wildman–Crippen LogP) is 5.44. The van der Waals surface area contributed by atoms with Crippen LogP contribution in [0, 0.1) is 0 Å². The quantitative estimate of drug-likeness (QED) is 0.244. The predicted molar refractivity (Wildman–Crippen MR) is 132 cm³/mol. The van der Waals surface area contributed by atoms with Crippen LogP contribution in [0.4, 0.5) is 0 Å². The Labute approximate surface area is 199 Å². The summed E-state index contributed by atoms with van der Waals surface area (Å²) in [6.45, 7) is 0. The molecule has 0 aliphatic carbocycles. The molecule has 0 saturated carbocycles. The lowest BCUT2D eigenvalue weighted by Gasteiger charge is -1.82. The molecule has 7 nitrogen and oxygen atoms in total. The fourth-order valence-corrected chi connectivity index (χ4v) is 1.92. The van der Waals surface area contributed by atoms with Gasteiger partial charge in [-0.15, -0.1) is 0 Å². The highest BCUT2D eigenvalue weighted by molar-refractivity contribution is 5.20. The highest BCUT2D eigenvalue weighted by Crippen LogP contribution is 2.04. The minimum absolute atomic E-state index is 0.322. The molecule has 0 radical (unpaired) electrons. The first-order valence-corrected chi connectivity index (χ1v) is 10.1. The topological polar surface area (TPSA) is 120 Å². The number of aromatic nitrogens is 3. The summed E-state index contributed by atoms with van der Waals surface area (Å²) in [6, 6.07) is 34.9. The summed E-state index contributed by atoms with van der Waals surface area (Å²) in [7, 11) is 0. The van der Waals surface area contributed by atoms with Crippen molar-refractivity contribution in [2.45, 2.75) is 0 Å². The molecule has 0 atom stereocenters. The van der Waals surface area contributed by atoms with Gasteiger partial charge in [-0.3, -0.25) is 0 Å². The van der Waals surface area contributed by atoms with Crippen LogP contribution in [0.25, 0.3) is 0 Å². The maximum absolute atomic E-state index is 8.63. The molecule has 174 valence electrons. The summed E-state index contributed by atoms with van der Waals surface area (Å²) in [4.78, 5) is 10.7. The van der Waals surface area contributed by atoms with Crippen LogP contribution in [-0.4, -0.2) is 35.4 Å². The molecule has 1 aromatic heterocycles. The van der Waals surface area contributed by atoms with Gasteiger partial charge in [-0.25, -0.2) is 15.0 Å². The summed E-state index contributed by atoms with van der Waals surface area (Å²) in [6.07, 6.45) is 4.31. The summed E-state index contributed by atoms with van der Waals surface area (Å²) in [5.41, 5.74) is 0. The third kappa shape index (κ3) is 16.8. The van der Waals surface area contributed by atoms with E-state index in [0.29, 0.717) is 23.0 Å². The second-order valence-corrected chi connectivity index (χ2v) is 6.14. The van der Waals surface area contributed by atoms with E-state index in [0.717, 1.165) is 0 Å². The molecule has 0 bridgehead atoms. The summed E-state index contributed by atoms with van der Waals surface area (Å²) >= 11 is 0. The molecule has 5 rings (SSSR count). The maximum atomic E-state index is 8.63. The van der Waals surface area contributed by atoms with Crippen molar-refractivity contribution < 1.29 is 20.4 Å². The molecule has 4 N–H and O–H groups in total. The molecule has 4 aromatic carbocycles. The van der Waals surface area contributed by atoms with Crippen LogP contribution < -0.4 is 0 Å². The van der Waals surface area contributed by atoms with Gasteiger partial charge < -0.3 is 20.4 Å². The van der Waals surface area contributed by atoms with Gasteiger partial charge in [0.15, 0.2) is 0 Å². The van der Waals surface area contributed by atoms with Gasteiger partial charge in [-0.1, -0.05) is 72.8 Å². The van der Waals surface area contributed by atoms with Crippen molar-refractivity contribution in [3.8, 4) is 23.0 Å². The third-order valence-electron chi connectivity index (χ3n) is 3.42. The number of aromatic hydroxyl groups is 4. The van der Waals surface area contributed by atoms with Crippen LogP contribution in [0.15, 0.2) is 140 Å². The fourth-order valence-electron chi connectivity index (χ4n) is 1.92. The Morgan fingerprint density at radius 2 is 0.471 bits per heavy atom. The van der Waals surface area contributed by atoms with Gasteiger partial charge in [0.2, 0.25) is 0 Å². The van der Waals surface area contributed by atoms with Gasteiger partial charge >= 0.3 is 0 Å². The van der Waals surface area contributed by atoms with Gasteiger partial charge in [-0.05, 0) is 48.5 Å². The van der Waals surface area contributed by atoms with Crippen molar-refractivity contribution in [1.29, 1.82) is 0 Å². The van der Waals surface area contributed by atoms with Crippen LogP contribution >= 0.6 is 0 Å². The molecule has 0 spiro atoms. The second kappa shape index (κ2) is 18.8. The first-order chi connectivity index (χ1) is 16.6. The molecule has 0 aliphatic heterocycles. The summed E-state index contributed by atoms with van der Waals surface area (Å²) in [5, 5.41) is 34.5. The number of benzene rings is 4. The number of rotatable bonds is 0. The lowest BCUT2D eigenvalue weighted by Crippen LogP contribution is -1.73. The van der Waals surface area contributed by atoms with Crippen LogP contribution in [0.2, 0.25) is 0 Å².